The molecule has 0 saturated heterocycles. The van der Waals surface area contributed by atoms with E-state index in [-0.39, 0.29) is 17.6 Å². The smallest absolute Gasteiger partial charge is 0.292 e. The van der Waals surface area contributed by atoms with Crippen molar-refractivity contribution in [1.29, 1.82) is 0 Å². The monoisotopic (exact) mass is 355 g/mol. The quantitative estimate of drug-likeness (QED) is 0.397. The molecule has 0 saturated carbocycles. The van der Waals surface area contributed by atoms with Gasteiger partial charge in [0.15, 0.2) is 0 Å². The largest absolute Gasteiger partial charge is 0.379 e. The Kier molecular flexibility index (Phi) is 7.14. The molecule has 6 heteroatoms. The second-order valence-electron chi connectivity index (χ2n) is 6.24. The number of benzene rings is 2. The van der Waals surface area contributed by atoms with Crippen LogP contribution in [0.2, 0.25) is 0 Å². The molecule has 0 heterocycles. The van der Waals surface area contributed by atoms with Gasteiger partial charge in [-0.3, -0.25) is 14.9 Å². The average molecular weight is 355 g/mol. The van der Waals surface area contributed by atoms with Crippen molar-refractivity contribution in [2.75, 3.05) is 11.9 Å². The number of nitrogens with zero attached hydrogens (tertiary/aromatic N) is 1. The molecule has 0 fully saturated rings. The highest BCUT2D eigenvalue weighted by Gasteiger charge is 2.13. The zero-order valence-electron chi connectivity index (χ0n) is 15.2. The van der Waals surface area contributed by atoms with E-state index in [0.717, 1.165) is 12.0 Å². The molecule has 0 aromatic heterocycles. The van der Waals surface area contributed by atoms with Gasteiger partial charge in [-0.2, -0.15) is 0 Å². The number of nitro benzene ring substituents is 1. The number of amides is 1. The van der Waals surface area contributed by atoms with Crippen LogP contribution in [0, 0.1) is 17.0 Å². The van der Waals surface area contributed by atoms with Crippen molar-refractivity contribution in [2.24, 2.45) is 0 Å². The van der Waals surface area contributed by atoms with Crippen LogP contribution in [0.4, 0.5) is 11.4 Å². The van der Waals surface area contributed by atoms with Gasteiger partial charge in [0.05, 0.1) is 11.0 Å². The zero-order chi connectivity index (χ0) is 18.9. The molecule has 138 valence electrons. The summed E-state index contributed by atoms with van der Waals surface area (Å²) in [6.07, 6.45) is 1.79. The summed E-state index contributed by atoms with van der Waals surface area (Å²) in [5.41, 5.74) is 2.81. The highest BCUT2D eigenvalue weighted by atomic mass is 16.6. The lowest BCUT2D eigenvalue weighted by molar-refractivity contribution is -0.384. The average Bonchev–Trinajstić information content (AvgIpc) is 2.64. The first kappa shape index (κ1) is 19.4. The summed E-state index contributed by atoms with van der Waals surface area (Å²) in [7, 11) is 0. The van der Waals surface area contributed by atoms with Gasteiger partial charge in [-0.15, -0.1) is 0 Å². The molecule has 0 spiro atoms. The van der Waals surface area contributed by atoms with Crippen molar-refractivity contribution in [1.82, 2.24) is 5.32 Å². The fourth-order valence-corrected chi connectivity index (χ4v) is 2.74. The molecule has 2 N–H and O–H groups in total. The number of carbonyl (C=O) groups is 1. The van der Waals surface area contributed by atoms with E-state index >= 15 is 0 Å². The molecule has 26 heavy (non-hydrogen) atoms. The van der Waals surface area contributed by atoms with Gasteiger partial charge in [-0.1, -0.05) is 48.9 Å². The maximum Gasteiger partial charge on any atom is 0.292 e. The Morgan fingerprint density at radius 2 is 1.85 bits per heavy atom. The lowest BCUT2D eigenvalue weighted by atomic mass is 10.0. The molecule has 1 atom stereocenters. The van der Waals surface area contributed by atoms with Crippen molar-refractivity contribution in [2.45, 2.75) is 39.2 Å². The second kappa shape index (κ2) is 9.56. The van der Waals surface area contributed by atoms with Gasteiger partial charge >= 0.3 is 0 Å². The predicted octanol–water partition coefficient (Wildman–Crippen LogP) is 4.36. The summed E-state index contributed by atoms with van der Waals surface area (Å²) in [4.78, 5) is 22.8. The van der Waals surface area contributed by atoms with Crippen LogP contribution in [0.1, 0.15) is 43.4 Å². The molecule has 2 aromatic carbocycles. The molecular weight excluding hydrogens is 330 g/mol. The normalized spacial score (nSPS) is 11.6. The third kappa shape index (κ3) is 5.58. The van der Waals surface area contributed by atoms with Crippen LogP contribution in [-0.4, -0.2) is 17.4 Å². The van der Waals surface area contributed by atoms with Gasteiger partial charge in [0.2, 0.25) is 5.91 Å². The minimum Gasteiger partial charge on any atom is -0.379 e. The Morgan fingerprint density at radius 3 is 2.50 bits per heavy atom. The molecule has 2 aromatic rings. The lowest BCUT2D eigenvalue weighted by Gasteiger charge is -2.18. The van der Waals surface area contributed by atoms with E-state index in [0.29, 0.717) is 25.1 Å². The number of para-hydroxylation sites is 2. The zero-order valence-corrected chi connectivity index (χ0v) is 15.2. The number of hydrogen-bond acceptors (Lipinski definition) is 4. The first-order valence-electron chi connectivity index (χ1n) is 8.84. The summed E-state index contributed by atoms with van der Waals surface area (Å²) in [5.74, 6) is -0.0122. The Labute approximate surface area is 153 Å². The van der Waals surface area contributed by atoms with Crippen molar-refractivity contribution in [3.63, 3.8) is 0 Å². The summed E-state index contributed by atoms with van der Waals surface area (Å²) >= 11 is 0. The van der Waals surface area contributed by atoms with Crippen LogP contribution in [0.5, 0.6) is 0 Å². The number of carbonyl (C=O) groups excluding carboxylic acids is 1. The van der Waals surface area contributed by atoms with E-state index in [9.17, 15) is 14.9 Å². The number of nitrogens with one attached hydrogen (secondary N) is 2. The third-order valence-electron chi connectivity index (χ3n) is 4.22. The van der Waals surface area contributed by atoms with E-state index in [2.05, 4.69) is 10.6 Å². The Balaban J connectivity index is 1.80. The molecule has 6 nitrogen and oxygen atoms in total. The number of aryl methyl sites for hydroxylation is 1. The van der Waals surface area contributed by atoms with Crippen LogP contribution in [0.15, 0.2) is 48.5 Å². The second-order valence-corrected chi connectivity index (χ2v) is 6.24. The number of nitro groups is 1. The van der Waals surface area contributed by atoms with Crippen LogP contribution in [0.3, 0.4) is 0 Å². The minimum absolute atomic E-state index is 0.00581. The standard InChI is InChI=1S/C20H25N3O3/c1-3-17(16-12-10-15(2)11-13-16)22-20(24)9-6-14-21-18-7-4-5-8-19(18)23(25)26/h4-5,7-8,10-13,17,21H,3,6,9,14H2,1-2H3,(H,22,24)/t17-/m1/s1. The van der Waals surface area contributed by atoms with Crippen molar-refractivity contribution >= 4 is 17.3 Å². The summed E-state index contributed by atoms with van der Waals surface area (Å²) in [6.45, 7) is 4.58. The molecule has 0 aliphatic heterocycles. The minimum atomic E-state index is -0.414. The van der Waals surface area contributed by atoms with Gasteiger partial charge in [-0.05, 0) is 31.4 Å². The molecule has 1 amide bonds. The Bertz CT molecular complexity index is 744. The van der Waals surface area contributed by atoms with E-state index in [1.165, 1.54) is 11.6 Å². The topological polar surface area (TPSA) is 84.3 Å². The molecule has 0 bridgehead atoms. The van der Waals surface area contributed by atoms with Crippen LogP contribution >= 0.6 is 0 Å². The van der Waals surface area contributed by atoms with E-state index in [4.69, 9.17) is 0 Å². The van der Waals surface area contributed by atoms with Crippen LogP contribution < -0.4 is 10.6 Å². The van der Waals surface area contributed by atoms with E-state index < -0.39 is 4.92 Å². The first-order valence-corrected chi connectivity index (χ1v) is 8.84. The van der Waals surface area contributed by atoms with E-state index in [1.807, 2.05) is 38.1 Å². The number of hydrogen-bond donors (Lipinski definition) is 2. The Morgan fingerprint density at radius 1 is 1.15 bits per heavy atom. The van der Waals surface area contributed by atoms with Crippen LogP contribution in [-0.2, 0) is 4.79 Å². The highest BCUT2D eigenvalue weighted by Crippen LogP contribution is 2.23. The van der Waals surface area contributed by atoms with E-state index in [1.54, 1.807) is 18.2 Å². The van der Waals surface area contributed by atoms with Gasteiger partial charge < -0.3 is 10.6 Å². The first-order chi connectivity index (χ1) is 12.5. The maximum absolute atomic E-state index is 12.2. The number of anilines is 1. The summed E-state index contributed by atoms with van der Waals surface area (Å²) in [6, 6.07) is 14.7. The SMILES string of the molecule is CC[C@@H](NC(=O)CCCNc1ccccc1[N+](=O)[O-])c1ccc(C)cc1. The van der Waals surface area contributed by atoms with Gasteiger partial charge in [0.25, 0.3) is 5.69 Å². The fraction of sp³-hybridized carbons (Fsp3) is 0.350. The lowest BCUT2D eigenvalue weighted by Crippen LogP contribution is -2.28. The molecule has 0 radical (unpaired) electrons. The Hall–Kier alpha value is -2.89. The third-order valence-corrected chi connectivity index (χ3v) is 4.22. The molecule has 0 aliphatic rings. The summed E-state index contributed by atoms with van der Waals surface area (Å²) in [5, 5.41) is 17.1. The van der Waals surface area contributed by atoms with Gasteiger partial charge in [-0.25, -0.2) is 0 Å². The molecular formula is C20H25N3O3. The molecule has 0 aliphatic carbocycles. The molecule has 2 rings (SSSR count). The van der Waals surface area contributed by atoms with Crippen molar-refractivity contribution in [3.05, 3.63) is 69.8 Å². The maximum atomic E-state index is 12.2. The fourth-order valence-electron chi connectivity index (χ4n) is 2.74. The van der Waals surface area contributed by atoms with Gasteiger partial charge in [0.1, 0.15) is 5.69 Å². The van der Waals surface area contributed by atoms with Gasteiger partial charge in [0, 0.05) is 19.0 Å². The van der Waals surface area contributed by atoms with Crippen molar-refractivity contribution < 1.29 is 9.72 Å². The number of rotatable bonds is 9. The highest BCUT2D eigenvalue weighted by molar-refractivity contribution is 5.76. The van der Waals surface area contributed by atoms with Crippen LogP contribution in [0.25, 0.3) is 0 Å². The predicted molar refractivity (Wildman–Crippen MR) is 103 cm³/mol. The molecule has 0 unspecified atom stereocenters. The summed E-state index contributed by atoms with van der Waals surface area (Å²) < 4.78 is 0. The van der Waals surface area contributed by atoms with Crippen molar-refractivity contribution in [3.8, 4) is 0 Å².